The Morgan fingerprint density at radius 2 is 1.71 bits per heavy atom. The van der Waals surface area contributed by atoms with Gasteiger partial charge in [0.1, 0.15) is 0 Å². The molecule has 0 spiro atoms. The third-order valence-corrected chi connectivity index (χ3v) is 5.10. The van der Waals surface area contributed by atoms with Crippen LogP contribution in [-0.4, -0.2) is 30.6 Å². The van der Waals surface area contributed by atoms with Gasteiger partial charge in [-0.2, -0.15) is 0 Å². The average Bonchev–Trinajstić information content (AvgIpc) is 2.40. The molecule has 0 amide bonds. The summed E-state index contributed by atoms with van der Waals surface area (Å²) in [6.45, 7) is 6.56. The molecule has 0 saturated heterocycles. The van der Waals surface area contributed by atoms with E-state index in [0.29, 0.717) is 0 Å². The van der Waals surface area contributed by atoms with Gasteiger partial charge in [0.15, 0.2) is 0 Å². The minimum Gasteiger partial charge on any atom is -0.329 e. The Morgan fingerprint density at radius 3 is 2.18 bits per heavy atom. The molecule has 2 heteroatoms. The van der Waals surface area contributed by atoms with Crippen molar-refractivity contribution in [1.29, 1.82) is 0 Å². The van der Waals surface area contributed by atoms with Crippen molar-refractivity contribution in [1.82, 2.24) is 4.90 Å². The second kappa shape index (κ2) is 7.38. The number of likely N-dealkylation sites (N-methyl/N-ethyl adjacent to an activating group) is 1. The van der Waals surface area contributed by atoms with E-state index < -0.39 is 0 Å². The molecule has 0 radical (unpaired) electrons. The van der Waals surface area contributed by atoms with Gasteiger partial charge >= 0.3 is 0 Å². The van der Waals surface area contributed by atoms with Crippen LogP contribution in [0.15, 0.2) is 0 Å². The van der Waals surface area contributed by atoms with Crippen molar-refractivity contribution in [2.24, 2.45) is 11.7 Å². The summed E-state index contributed by atoms with van der Waals surface area (Å²) in [5.41, 5.74) is 6.24. The molecular formula is C15H32N2. The van der Waals surface area contributed by atoms with E-state index in [2.05, 4.69) is 25.8 Å². The molecule has 17 heavy (non-hydrogen) atoms. The predicted octanol–water partition coefficient (Wildman–Crippen LogP) is 3.41. The van der Waals surface area contributed by atoms with Gasteiger partial charge < -0.3 is 5.73 Å². The van der Waals surface area contributed by atoms with Crippen molar-refractivity contribution in [3.63, 3.8) is 0 Å². The van der Waals surface area contributed by atoms with Crippen LogP contribution in [-0.2, 0) is 0 Å². The maximum Gasteiger partial charge on any atom is 0.0323 e. The summed E-state index contributed by atoms with van der Waals surface area (Å²) in [5.74, 6) is 0.982. The van der Waals surface area contributed by atoms with E-state index in [1.807, 2.05) is 0 Å². The third kappa shape index (κ3) is 3.96. The molecule has 0 unspecified atom stereocenters. The fourth-order valence-corrected chi connectivity index (χ4v) is 3.32. The van der Waals surface area contributed by atoms with Gasteiger partial charge in [-0.3, -0.25) is 4.90 Å². The highest BCUT2D eigenvalue weighted by molar-refractivity contribution is 4.88. The molecular weight excluding hydrogens is 208 g/mol. The molecule has 1 aliphatic rings. The van der Waals surface area contributed by atoms with Crippen molar-refractivity contribution < 1.29 is 0 Å². The van der Waals surface area contributed by atoms with Crippen molar-refractivity contribution in [3.8, 4) is 0 Å². The molecule has 0 aromatic carbocycles. The Kier molecular flexibility index (Phi) is 6.50. The van der Waals surface area contributed by atoms with E-state index >= 15 is 0 Å². The molecule has 0 heterocycles. The summed E-state index contributed by atoms with van der Waals surface area (Å²) >= 11 is 0. The fraction of sp³-hybridized carbons (Fsp3) is 1.00. The van der Waals surface area contributed by atoms with Gasteiger partial charge in [-0.1, -0.05) is 46.0 Å². The molecule has 0 aromatic heterocycles. The third-order valence-electron chi connectivity index (χ3n) is 5.10. The van der Waals surface area contributed by atoms with E-state index in [9.17, 15) is 0 Å². The lowest BCUT2D eigenvalue weighted by molar-refractivity contribution is 0.105. The normalized spacial score (nSPS) is 18.9. The van der Waals surface area contributed by atoms with Gasteiger partial charge in [-0.15, -0.1) is 0 Å². The van der Waals surface area contributed by atoms with Crippen molar-refractivity contribution in [2.75, 3.05) is 20.1 Å². The molecule has 1 rings (SSSR count). The minimum absolute atomic E-state index is 0.245. The lowest BCUT2D eigenvalue weighted by atomic mass is 9.85. The van der Waals surface area contributed by atoms with Crippen LogP contribution in [0.3, 0.4) is 0 Å². The molecule has 1 saturated carbocycles. The Bertz CT molecular complexity index is 185. The zero-order valence-corrected chi connectivity index (χ0v) is 12.2. The first kappa shape index (κ1) is 15.0. The maximum atomic E-state index is 6.00. The minimum atomic E-state index is 0.245. The zero-order valence-electron chi connectivity index (χ0n) is 12.2. The first-order chi connectivity index (χ1) is 8.18. The maximum absolute atomic E-state index is 6.00. The standard InChI is InChI=1S/C15H32N2/c1-4-15(5-2,13-16)17(3)12-11-14-9-7-6-8-10-14/h14H,4-13,16H2,1-3H3. The van der Waals surface area contributed by atoms with E-state index in [0.717, 1.165) is 12.5 Å². The predicted molar refractivity (Wildman–Crippen MR) is 76.2 cm³/mol. The Hall–Kier alpha value is -0.0800. The number of hydrogen-bond acceptors (Lipinski definition) is 2. The molecule has 1 aliphatic carbocycles. The van der Waals surface area contributed by atoms with E-state index in [1.54, 1.807) is 0 Å². The second-order valence-corrected chi connectivity index (χ2v) is 5.85. The molecule has 1 fully saturated rings. The second-order valence-electron chi connectivity index (χ2n) is 5.85. The summed E-state index contributed by atoms with van der Waals surface area (Å²) in [6, 6.07) is 0. The van der Waals surface area contributed by atoms with Crippen molar-refractivity contribution >= 4 is 0 Å². The van der Waals surface area contributed by atoms with Crippen LogP contribution in [0, 0.1) is 5.92 Å². The van der Waals surface area contributed by atoms with Gasteiger partial charge in [-0.25, -0.2) is 0 Å². The van der Waals surface area contributed by atoms with Crippen LogP contribution in [0.5, 0.6) is 0 Å². The Morgan fingerprint density at radius 1 is 1.12 bits per heavy atom. The van der Waals surface area contributed by atoms with Gasteiger partial charge in [0.25, 0.3) is 0 Å². The number of rotatable bonds is 7. The van der Waals surface area contributed by atoms with E-state index in [4.69, 9.17) is 5.73 Å². The monoisotopic (exact) mass is 240 g/mol. The number of nitrogens with zero attached hydrogens (tertiary/aromatic N) is 1. The van der Waals surface area contributed by atoms with Gasteiger partial charge in [0.05, 0.1) is 0 Å². The highest BCUT2D eigenvalue weighted by Gasteiger charge is 2.29. The first-order valence-electron chi connectivity index (χ1n) is 7.59. The summed E-state index contributed by atoms with van der Waals surface area (Å²) in [4.78, 5) is 2.53. The van der Waals surface area contributed by atoms with Gasteiger partial charge in [0, 0.05) is 12.1 Å². The van der Waals surface area contributed by atoms with Crippen LogP contribution in [0.25, 0.3) is 0 Å². The SMILES string of the molecule is CCC(CC)(CN)N(C)CCC1CCCCC1. The molecule has 2 nitrogen and oxygen atoms in total. The number of nitrogens with two attached hydrogens (primary N) is 1. The smallest absolute Gasteiger partial charge is 0.0323 e. The van der Waals surface area contributed by atoms with Crippen LogP contribution >= 0.6 is 0 Å². The summed E-state index contributed by atoms with van der Waals surface area (Å²) in [6.07, 6.45) is 11.0. The average molecular weight is 240 g/mol. The summed E-state index contributed by atoms with van der Waals surface area (Å²) in [5, 5.41) is 0. The van der Waals surface area contributed by atoms with Crippen molar-refractivity contribution in [2.45, 2.75) is 70.8 Å². The summed E-state index contributed by atoms with van der Waals surface area (Å²) < 4.78 is 0. The Balaban J connectivity index is 2.38. The topological polar surface area (TPSA) is 29.3 Å². The van der Waals surface area contributed by atoms with E-state index in [1.165, 1.54) is 57.9 Å². The lowest BCUT2D eigenvalue weighted by Crippen LogP contribution is -2.51. The van der Waals surface area contributed by atoms with Gasteiger partial charge in [0.2, 0.25) is 0 Å². The molecule has 0 bridgehead atoms. The first-order valence-corrected chi connectivity index (χ1v) is 7.59. The Labute approximate surface area is 108 Å². The lowest BCUT2D eigenvalue weighted by Gasteiger charge is -2.41. The molecule has 2 N–H and O–H groups in total. The zero-order chi connectivity index (χ0) is 12.7. The van der Waals surface area contributed by atoms with E-state index in [-0.39, 0.29) is 5.54 Å². The molecule has 0 aromatic rings. The fourth-order valence-electron chi connectivity index (χ4n) is 3.32. The van der Waals surface area contributed by atoms with Crippen molar-refractivity contribution in [3.05, 3.63) is 0 Å². The highest BCUT2D eigenvalue weighted by Crippen LogP contribution is 2.28. The van der Waals surface area contributed by atoms with Crippen LogP contribution in [0.1, 0.15) is 65.2 Å². The van der Waals surface area contributed by atoms with Gasteiger partial charge in [-0.05, 0) is 38.8 Å². The molecule has 0 aliphatic heterocycles. The van der Waals surface area contributed by atoms with Crippen LogP contribution in [0.2, 0.25) is 0 Å². The molecule has 102 valence electrons. The summed E-state index contributed by atoms with van der Waals surface area (Å²) in [7, 11) is 2.27. The van der Waals surface area contributed by atoms with Crippen LogP contribution in [0.4, 0.5) is 0 Å². The van der Waals surface area contributed by atoms with Crippen LogP contribution < -0.4 is 5.73 Å². The number of hydrogen-bond donors (Lipinski definition) is 1. The highest BCUT2D eigenvalue weighted by atomic mass is 15.2. The largest absolute Gasteiger partial charge is 0.329 e. The quantitative estimate of drug-likeness (QED) is 0.739. The molecule has 0 atom stereocenters.